The summed E-state index contributed by atoms with van der Waals surface area (Å²) in [5.41, 5.74) is 5.74. The van der Waals surface area contributed by atoms with Crippen molar-refractivity contribution in [2.45, 2.75) is 42.9 Å². The highest BCUT2D eigenvalue weighted by atomic mass is 32.2. The molecule has 0 radical (unpaired) electrons. The smallest absolute Gasteiger partial charge is 0.237 e. The third-order valence-corrected chi connectivity index (χ3v) is 4.70. The zero-order valence-electron chi connectivity index (χ0n) is 12.0. The summed E-state index contributed by atoms with van der Waals surface area (Å²) >= 11 is 1.59. The lowest BCUT2D eigenvalue weighted by atomic mass is 9.98. The van der Waals surface area contributed by atoms with E-state index in [1.54, 1.807) is 11.8 Å². The summed E-state index contributed by atoms with van der Waals surface area (Å²) in [5, 5.41) is 12.5. The van der Waals surface area contributed by atoms with Gasteiger partial charge in [-0.2, -0.15) is 0 Å². The van der Waals surface area contributed by atoms with Gasteiger partial charge in [-0.15, -0.1) is 10.2 Å². The number of amides is 1. The molecule has 1 atom stereocenters. The topological polar surface area (TPSA) is 85.3 Å². The second-order valence-electron chi connectivity index (χ2n) is 5.62. The molecule has 2 aromatic heterocycles. The van der Waals surface area contributed by atoms with Gasteiger partial charge in [0.15, 0.2) is 10.8 Å². The SMILES string of the molecule is CC(CCSc1nnc2ccccn12)(NC1CC1)C(N)=O. The van der Waals surface area contributed by atoms with Crippen molar-refractivity contribution in [2.24, 2.45) is 5.73 Å². The van der Waals surface area contributed by atoms with E-state index in [0.29, 0.717) is 12.5 Å². The molecule has 7 heteroatoms. The molecule has 1 unspecified atom stereocenters. The van der Waals surface area contributed by atoms with E-state index < -0.39 is 5.54 Å². The lowest BCUT2D eigenvalue weighted by Crippen LogP contribution is -2.54. The molecule has 1 amide bonds. The largest absolute Gasteiger partial charge is 0.368 e. The second-order valence-corrected chi connectivity index (χ2v) is 6.69. The first-order valence-electron chi connectivity index (χ1n) is 7.09. The minimum atomic E-state index is -0.644. The minimum absolute atomic E-state index is 0.291. The molecule has 1 aliphatic rings. The molecule has 2 heterocycles. The van der Waals surface area contributed by atoms with E-state index in [1.807, 2.05) is 35.7 Å². The Kier molecular flexibility index (Phi) is 3.86. The highest BCUT2D eigenvalue weighted by Crippen LogP contribution is 2.26. The number of carbonyl (C=O) groups excluding carboxylic acids is 1. The van der Waals surface area contributed by atoms with E-state index in [2.05, 4.69) is 15.5 Å². The molecule has 0 aromatic carbocycles. The Morgan fingerprint density at radius 3 is 3.05 bits per heavy atom. The van der Waals surface area contributed by atoms with Crippen LogP contribution in [0.3, 0.4) is 0 Å². The van der Waals surface area contributed by atoms with Crippen molar-refractivity contribution in [2.75, 3.05) is 5.75 Å². The Hall–Kier alpha value is -1.60. The Balaban J connectivity index is 1.62. The molecule has 0 aliphatic heterocycles. The van der Waals surface area contributed by atoms with E-state index >= 15 is 0 Å². The maximum absolute atomic E-state index is 11.7. The number of pyridine rings is 1. The molecule has 21 heavy (non-hydrogen) atoms. The van der Waals surface area contributed by atoms with Gasteiger partial charge in [-0.3, -0.25) is 9.20 Å². The number of primary amides is 1. The summed E-state index contributed by atoms with van der Waals surface area (Å²) in [6.45, 7) is 1.89. The maximum atomic E-state index is 11.7. The Morgan fingerprint density at radius 2 is 2.33 bits per heavy atom. The van der Waals surface area contributed by atoms with Crippen LogP contribution in [0, 0.1) is 0 Å². The van der Waals surface area contributed by atoms with Crippen LogP contribution in [0.4, 0.5) is 0 Å². The predicted molar refractivity (Wildman–Crippen MR) is 82.1 cm³/mol. The maximum Gasteiger partial charge on any atom is 0.237 e. The number of rotatable bonds is 7. The average molecular weight is 305 g/mol. The number of hydrogen-bond donors (Lipinski definition) is 2. The van der Waals surface area contributed by atoms with Crippen molar-refractivity contribution in [3.05, 3.63) is 24.4 Å². The molecule has 0 saturated heterocycles. The summed E-state index contributed by atoms with van der Waals surface area (Å²) < 4.78 is 1.95. The number of nitrogens with one attached hydrogen (secondary N) is 1. The van der Waals surface area contributed by atoms with Crippen molar-refractivity contribution in [3.63, 3.8) is 0 Å². The first-order chi connectivity index (χ1) is 10.1. The van der Waals surface area contributed by atoms with Crippen molar-refractivity contribution in [1.29, 1.82) is 0 Å². The summed E-state index contributed by atoms with van der Waals surface area (Å²) in [4.78, 5) is 11.7. The van der Waals surface area contributed by atoms with Crippen molar-refractivity contribution < 1.29 is 4.79 Å². The first kappa shape index (κ1) is 14.3. The average Bonchev–Trinajstić information content (AvgIpc) is 3.17. The number of thioether (sulfide) groups is 1. The zero-order chi connectivity index (χ0) is 14.9. The van der Waals surface area contributed by atoms with Gasteiger partial charge in [0, 0.05) is 18.0 Å². The highest BCUT2D eigenvalue weighted by molar-refractivity contribution is 7.99. The number of aromatic nitrogens is 3. The third-order valence-electron chi connectivity index (χ3n) is 3.76. The van der Waals surface area contributed by atoms with Gasteiger partial charge in [-0.05, 0) is 38.3 Å². The van der Waals surface area contributed by atoms with Gasteiger partial charge in [-0.1, -0.05) is 17.8 Å². The highest BCUT2D eigenvalue weighted by Gasteiger charge is 2.36. The van der Waals surface area contributed by atoms with Crippen LogP contribution < -0.4 is 11.1 Å². The monoisotopic (exact) mass is 305 g/mol. The molecule has 1 aliphatic carbocycles. The molecular formula is C14H19N5OS. The first-order valence-corrected chi connectivity index (χ1v) is 8.07. The van der Waals surface area contributed by atoms with E-state index in [4.69, 9.17) is 5.73 Å². The van der Waals surface area contributed by atoms with Gasteiger partial charge in [0.25, 0.3) is 0 Å². The fourth-order valence-electron chi connectivity index (χ4n) is 2.21. The Labute approximate surface area is 127 Å². The summed E-state index contributed by atoms with van der Waals surface area (Å²) in [6, 6.07) is 6.24. The van der Waals surface area contributed by atoms with Crippen LogP contribution in [0.1, 0.15) is 26.2 Å². The van der Waals surface area contributed by atoms with Crippen LogP contribution in [0.5, 0.6) is 0 Å². The number of nitrogens with two attached hydrogens (primary N) is 1. The van der Waals surface area contributed by atoms with Gasteiger partial charge < -0.3 is 11.1 Å². The summed E-state index contributed by atoms with van der Waals surface area (Å²) in [6.07, 6.45) is 4.87. The van der Waals surface area contributed by atoms with Crippen molar-refractivity contribution >= 4 is 23.3 Å². The molecule has 2 aromatic rings. The van der Waals surface area contributed by atoms with E-state index in [-0.39, 0.29) is 5.91 Å². The van der Waals surface area contributed by atoms with Gasteiger partial charge >= 0.3 is 0 Å². The van der Waals surface area contributed by atoms with Crippen LogP contribution >= 0.6 is 11.8 Å². The zero-order valence-corrected chi connectivity index (χ0v) is 12.8. The summed E-state index contributed by atoms with van der Waals surface area (Å²) in [7, 11) is 0. The minimum Gasteiger partial charge on any atom is -0.368 e. The fraction of sp³-hybridized carbons (Fsp3) is 0.500. The quantitative estimate of drug-likeness (QED) is 0.751. The van der Waals surface area contributed by atoms with Crippen molar-refractivity contribution in [1.82, 2.24) is 19.9 Å². The van der Waals surface area contributed by atoms with Crippen LogP contribution in [0.15, 0.2) is 29.6 Å². The van der Waals surface area contributed by atoms with Crippen LogP contribution in [0.25, 0.3) is 5.65 Å². The van der Waals surface area contributed by atoms with Gasteiger partial charge in [0.05, 0.1) is 5.54 Å². The number of hydrogen-bond acceptors (Lipinski definition) is 5. The number of fused-ring (bicyclic) bond motifs is 1. The van der Waals surface area contributed by atoms with Gasteiger partial charge in [0.2, 0.25) is 5.91 Å². The molecule has 112 valence electrons. The second kappa shape index (κ2) is 5.65. The lowest BCUT2D eigenvalue weighted by molar-refractivity contribution is -0.124. The molecule has 1 fully saturated rings. The fourth-order valence-corrected chi connectivity index (χ4v) is 3.29. The predicted octanol–water partition coefficient (Wildman–Crippen LogP) is 1.21. The van der Waals surface area contributed by atoms with Crippen LogP contribution in [-0.2, 0) is 4.79 Å². The number of nitrogens with zero attached hydrogens (tertiary/aromatic N) is 3. The molecule has 3 rings (SSSR count). The third kappa shape index (κ3) is 3.19. The lowest BCUT2D eigenvalue weighted by Gasteiger charge is -2.27. The Morgan fingerprint density at radius 1 is 1.52 bits per heavy atom. The molecule has 0 bridgehead atoms. The molecule has 0 spiro atoms. The van der Waals surface area contributed by atoms with Crippen LogP contribution in [0.2, 0.25) is 0 Å². The standard InChI is InChI=1S/C14H19N5OS/c1-14(12(15)20,16-10-5-6-10)7-9-21-13-18-17-11-4-2-3-8-19(11)13/h2-4,8,10,16H,5-7,9H2,1H3,(H2,15,20). The molecule has 3 N–H and O–H groups in total. The normalized spacial score (nSPS) is 17.8. The molecule has 6 nitrogen and oxygen atoms in total. The van der Waals surface area contributed by atoms with E-state index in [0.717, 1.165) is 29.4 Å². The number of carbonyl (C=O) groups is 1. The molecular weight excluding hydrogens is 286 g/mol. The van der Waals surface area contributed by atoms with Gasteiger partial charge in [-0.25, -0.2) is 0 Å². The van der Waals surface area contributed by atoms with E-state index in [1.165, 1.54) is 0 Å². The van der Waals surface area contributed by atoms with E-state index in [9.17, 15) is 4.79 Å². The van der Waals surface area contributed by atoms with Crippen LogP contribution in [-0.4, -0.2) is 37.8 Å². The Bertz CT molecular complexity index is 654. The van der Waals surface area contributed by atoms with Crippen molar-refractivity contribution in [3.8, 4) is 0 Å². The van der Waals surface area contributed by atoms with Gasteiger partial charge in [0.1, 0.15) is 0 Å². The molecule has 1 saturated carbocycles. The summed E-state index contributed by atoms with van der Waals surface area (Å²) in [5.74, 6) is 0.468.